The molecule has 2 aromatic rings. The molecule has 0 unspecified atom stereocenters. The van der Waals surface area contributed by atoms with Crippen molar-refractivity contribution in [3.8, 4) is 0 Å². The summed E-state index contributed by atoms with van der Waals surface area (Å²) in [6, 6.07) is 12.1. The molecule has 1 N–H and O–H groups in total. The van der Waals surface area contributed by atoms with Gasteiger partial charge in [-0.25, -0.2) is 0 Å². The molecule has 0 spiro atoms. The van der Waals surface area contributed by atoms with Crippen LogP contribution in [0, 0.1) is 0 Å². The van der Waals surface area contributed by atoms with Crippen molar-refractivity contribution in [2.75, 3.05) is 6.67 Å². The highest BCUT2D eigenvalue weighted by Gasteiger charge is 2.29. The maximum atomic E-state index is 4.43. The van der Waals surface area contributed by atoms with Crippen LogP contribution in [0.1, 0.15) is 11.4 Å². The molecule has 0 radical (unpaired) electrons. The van der Waals surface area contributed by atoms with Crippen molar-refractivity contribution < 1.29 is 4.48 Å². The third-order valence-corrected chi connectivity index (χ3v) is 3.32. The van der Waals surface area contributed by atoms with Crippen molar-refractivity contribution in [2.24, 2.45) is 0 Å². The van der Waals surface area contributed by atoms with Crippen LogP contribution in [0.15, 0.2) is 61.2 Å². The van der Waals surface area contributed by atoms with Gasteiger partial charge in [-0.3, -0.25) is 14.5 Å². The van der Waals surface area contributed by atoms with E-state index in [0.29, 0.717) is 0 Å². The van der Waals surface area contributed by atoms with Gasteiger partial charge in [-0.05, 0) is 24.3 Å². The number of hydrogen-bond acceptors (Lipinski definition) is 3. The summed E-state index contributed by atoms with van der Waals surface area (Å²) < 4.78 is 0.814. The van der Waals surface area contributed by atoms with Gasteiger partial charge in [0.25, 0.3) is 0 Å². The number of nitrogens with one attached hydrogen (secondary N) is 1. The molecule has 0 aromatic carbocycles. The minimum Gasteiger partial charge on any atom is -0.340 e. The predicted octanol–water partition coefficient (Wildman–Crippen LogP) is 2.03. The molecular weight excluding hydrogens is 236 g/mol. The third-order valence-electron chi connectivity index (χ3n) is 3.32. The zero-order valence-electron chi connectivity index (χ0n) is 10.7. The fourth-order valence-electron chi connectivity index (χ4n) is 2.40. The summed E-state index contributed by atoms with van der Waals surface area (Å²) >= 11 is 0. The number of aromatic nitrogens is 2. The van der Waals surface area contributed by atoms with Gasteiger partial charge in [-0.15, -0.1) is 0 Å². The molecular formula is C15H17N4+. The molecule has 0 fully saturated rings. The van der Waals surface area contributed by atoms with Gasteiger partial charge >= 0.3 is 0 Å². The Morgan fingerprint density at radius 3 is 2.00 bits per heavy atom. The topological polar surface area (TPSA) is 37.8 Å². The highest BCUT2D eigenvalue weighted by atomic mass is 15.4. The van der Waals surface area contributed by atoms with Crippen LogP contribution in [0.4, 0.5) is 0 Å². The first-order valence-electron chi connectivity index (χ1n) is 6.43. The molecule has 0 saturated carbocycles. The van der Waals surface area contributed by atoms with Crippen LogP contribution < -0.4 is 5.32 Å². The summed E-state index contributed by atoms with van der Waals surface area (Å²) in [4.78, 5) is 8.86. The largest absolute Gasteiger partial charge is 0.340 e. The predicted molar refractivity (Wildman–Crippen MR) is 73.3 cm³/mol. The maximum absolute atomic E-state index is 4.43. The molecule has 3 heterocycles. The van der Waals surface area contributed by atoms with Crippen LogP contribution in [0.5, 0.6) is 0 Å². The minimum absolute atomic E-state index is 0.814. The lowest BCUT2D eigenvalue weighted by Crippen LogP contribution is -2.42. The van der Waals surface area contributed by atoms with E-state index < -0.39 is 0 Å². The zero-order chi connectivity index (χ0) is 13.0. The first-order chi connectivity index (χ1) is 9.36. The SMILES string of the molecule is C1=C[N+](Cc2ccccn2)(Cc2ccccn2)CN1. The normalized spacial score (nSPS) is 16.2. The van der Waals surface area contributed by atoms with E-state index in [2.05, 4.69) is 33.6 Å². The maximum Gasteiger partial charge on any atom is 0.156 e. The fourth-order valence-corrected chi connectivity index (χ4v) is 2.40. The number of nitrogens with zero attached hydrogens (tertiary/aromatic N) is 3. The van der Waals surface area contributed by atoms with Crippen LogP contribution >= 0.6 is 0 Å². The average Bonchev–Trinajstić information content (AvgIpc) is 2.89. The second-order valence-corrected chi connectivity index (χ2v) is 4.85. The van der Waals surface area contributed by atoms with Crippen LogP contribution in [-0.4, -0.2) is 21.1 Å². The van der Waals surface area contributed by atoms with E-state index in [-0.39, 0.29) is 0 Å². The molecule has 3 rings (SSSR count). The van der Waals surface area contributed by atoms with Crippen molar-refractivity contribution in [3.63, 3.8) is 0 Å². The standard InChI is InChI=1S/C15H17N4/c1-3-7-17-14(5-1)11-19(10-9-16-13-19)12-15-6-2-4-8-18-15/h1-10,16H,11-13H2/q+1. The molecule has 0 atom stereocenters. The zero-order valence-corrected chi connectivity index (χ0v) is 10.7. The van der Waals surface area contributed by atoms with Gasteiger partial charge in [0, 0.05) is 12.4 Å². The first-order valence-corrected chi connectivity index (χ1v) is 6.43. The van der Waals surface area contributed by atoms with Crippen LogP contribution in [0.2, 0.25) is 0 Å². The van der Waals surface area contributed by atoms with E-state index in [9.17, 15) is 0 Å². The Morgan fingerprint density at radius 2 is 1.58 bits per heavy atom. The Kier molecular flexibility index (Phi) is 3.25. The lowest BCUT2D eigenvalue weighted by atomic mass is 10.2. The molecule has 4 nitrogen and oxygen atoms in total. The molecule has 96 valence electrons. The summed E-state index contributed by atoms with van der Waals surface area (Å²) in [6.07, 6.45) is 7.91. The third kappa shape index (κ3) is 2.80. The Hall–Kier alpha value is -2.20. The van der Waals surface area contributed by atoms with Gasteiger partial charge in [0.1, 0.15) is 19.3 Å². The van der Waals surface area contributed by atoms with E-state index >= 15 is 0 Å². The van der Waals surface area contributed by atoms with Gasteiger partial charge in [-0.1, -0.05) is 12.1 Å². The van der Waals surface area contributed by atoms with E-state index in [4.69, 9.17) is 0 Å². The monoisotopic (exact) mass is 253 g/mol. The molecule has 0 aliphatic carbocycles. The number of quaternary nitrogens is 1. The molecule has 0 bridgehead atoms. The van der Waals surface area contributed by atoms with Crippen molar-refractivity contribution >= 4 is 0 Å². The van der Waals surface area contributed by atoms with E-state index in [1.807, 2.05) is 42.9 Å². The Morgan fingerprint density at radius 1 is 0.947 bits per heavy atom. The summed E-state index contributed by atoms with van der Waals surface area (Å²) in [5.41, 5.74) is 2.21. The minimum atomic E-state index is 0.814. The van der Waals surface area contributed by atoms with Crippen molar-refractivity contribution in [1.82, 2.24) is 15.3 Å². The number of hydrogen-bond donors (Lipinski definition) is 1. The van der Waals surface area contributed by atoms with Gasteiger partial charge in [-0.2, -0.15) is 0 Å². The molecule has 1 aliphatic rings. The molecule has 0 amide bonds. The Balaban J connectivity index is 1.82. The fraction of sp³-hybridized carbons (Fsp3) is 0.200. The Labute approximate surface area is 113 Å². The summed E-state index contributed by atoms with van der Waals surface area (Å²) in [5, 5.41) is 3.29. The molecule has 1 aliphatic heterocycles. The molecule has 2 aromatic heterocycles. The van der Waals surface area contributed by atoms with Gasteiger partial charge < -0.3 is 5.32 Å². The molecule has 0 saturated heterocycles. The summed E-state index contributed by atoms with van der Waals surface area (Å²) in [6.45, 7) is 2.63. The van der Waals surface area contributed by atoms with E-state index in [1.165, 1.54) is 0 Å². The van der Waals surface area contributed by atoms with Crippen molar-refractivity contribution in [3.05, 3.63) is 72.6 Å². The van der Waals surface area contributed by atoms with E-state index in [1.54, 1.807) is 0 Å². The quantitative estimate of drug-likeness (QED) is 0.847. The smallest absolute Gasteiger partial charge is 0.156 e. The highest BCUT2D eigenvalue weighted by Crippen LogP contribution is 2.20. The van der Waals surface area contributed by atoms with Gasteiger partial charge in [0.2, 0.25) is 0 Å². The van der Waals surface area contributed by atoms with E-state index in [0.717, 1.165) is 35.6 Å². The van der Waals surface area contributed by atoms with Crippen molar-refractivity contribution in [2.45, 2.75) is 13.1 Å². The molecule has 4 heteroatoms. The second-order valence-electron chi connectivity index (χ2n) is 4.85. The van der Waals surface area contributed by atoms with Crippen LogP contribution in [0.3, 0.4) is 0 Å². The van der Waals surface area contributed by atoms with Crippen molar-refractivity contribution in [1.29, 1.82) is 0 Å². The molecule has 19 heavy (non-hydrogen) atoms. The summed E-state index contributed by atoms with van der Waals surface area (Å²) in [5.74, 6) is 0. The Bertz CT molecular complexity index is 509. The highest BCUT2D eigenvalue weighted by molar-refractivity contribution is 5.05. The first kappa shape index (κ1) is 11.9. The second kappa shape index (κ2) is 5.20. The van der Waals surface area contributed by atoms with Crippen LogP contribution in [-0.2, 0) is 13.1 Å². The van der Waals surface area contributed by atoms with Crippen LogP contribution in [0.25, 0.3) is 0 Å². The lowest BCUT2D eigenvalue weighted by molar-refractivity contribution is -0.903. The average molecular weight is 253 g/mol. The lowest BCUT2D eigenvalue weighted by Gasteiger charge is -2.30. The number of rotatable bonds is 4. The van der Waals surface area contributed by atoms with Gasteiger partial charge in [0.15, 0.2) is 6.67 Å². The van der Waals surface area contributed by atoms with Gasteiger partial charge in [0.05, 0.1) is 17.6 Å². The number of pyridine rings is 2. The summed E-state index contributed by atoms with van der Waals surface area (Å²) in [7, 11) is 0.